The summed E-state index contributed by atoms with van der Waals surface area (Å²) >= 11 is 5.90. The number of furan rings is 1. The molecule has 2 aromatic heterocycles. The van der Waals surface area contributed by atoms with Crippen molar-refractivity contribution in [3.05, 3.63) is 41.1 Å². The molecule has 0 aromatic carbocycles. The first-order valence-electron chi connectivity index (χ1n) is 4.88. The number of nitrogens with one attached hydrogen (secondary N) is 1. The lowest BCUT2D eigenvalue weighted by Gasteiger charge is -2.12. The van der Waals surface area contributed by atoms with Crippen molar-refractivity contribution < 1.29 is 4.42 Å². The number of halogens is 1. The summed E-state index contributed by atoms with van der Waals surface area (Å²) in [6.45, 7) is 0. The van der Waals surface area contributed by atoms with Crippen molar-refractivity contribution in [2.75, 3.05) is 0 Å². The average molecular weight is 241 g/mol. The highest BCUT2D eigenvalue weighted by atomic mass is 35.5. The minimum atomic E-state index is -0.0962. The predicted octanol–water partition coefficient (Wildman–Crippen LogP) is 1.41. The van der Waals surface area contributed by atoms with Crippen molar-refractivity contribution in [1.29, 1.82) is 0 Å². The van der Waals surface area contributed by atoms with Crippen LogP contribution in [0.5, 0.6) is 0 Å². The lowest BCUT2D eigenvalue weighted by Crippen LogP contribution is -2.29. The van der Waals surface area contributed by atoms with Crippen LogP contribution >= 0.6 is 11.6 Å². The molecular formula is C10H13ClN4O. The van der Waals surface area contributed by atoms with Gasteiger partial charge in [-0.25, -0.2) is 0 Å². The Bertz CT molecular complexity index is 465. The van der Waals surface area contributed by atoms with Gasteiger partial charge in [-0.3, -0.25) is 16.0 Å². The first kappa shape index (κ1) is 11.2. The van der Waals surface area contributed by atoms with Gasteiger partial charge in [0.1, 0.15) is 0 Å². The topological polar surface area (TPSA) is 69.0 Å². The van der Waals surface area contributed by atoms with Crippen molar-refractivity contribution in [3.63, 3.8) is 0 Å². The van der Waals surface area contributed by atoms with Crippen molar-refractivity contribution in [2.24, 2.45) is 12.9 Å². The quantitative estimate of drug-likeness (QED) is 0.626. The fraction of sp³-hybridized carbons (Fsp3) is 0.300. The highest BCUT2D eigenvalue weighted by molar-refractivity contribution is 6.29. The lowest BCUT2D eigenvalue weighted by molar-refractivity contribution is 0.521. The number of nitrogens with zero attached hydrogens (tertiary/aromatic N) is 2. The van der Waals surface area contributed by atoms with Crippen LogP contribution in [0.15, 0.2) is 29.0 Å². The van der Waals surface area contributed by atoms with Gasteiger partial charge in [0.15, 0.2) is 5.22 Å². The molecule has 2 heterocycles. The van der Waals surface area contributed by atoms with Crippen molar-refractivity contribution in [1.82, 2.24) is 15.2 Å². The number of hydrogen-bond donors (Lipinski definition) is 2. The maximum Gasteiger partial charge on any atom is 0.197 e. The van der Waals surface area contributed by atoms with Gasteiger partial charge in [0, 0.05) is 25.2 Å². The Balaban J connectivity index is 2.15. The number of hydrogen-bond acceptors (Lipinski definition) is 4. The lowest BCUT2D eigenvalue weighted by atomic mass is 10.1. The third-order valence-corrected chi connectivity index (χ3v) is 2.71. The van der Waals surface area contributed by atoms with Gasteiger partial charge < -0.3 is 4.42 Å². The fourth-order valence-corrected chi connectivity index (χ4v) is 1.84. The largest absolute Gasteiger partial charge is 0.453 e. The number of aromatic nitrogens is 2. The molecule has 0 saturated carbocycles. The van der Waals surface area contributed by atoms with E-state index in [0.717, 1.165) is 11.3 Å². The molecule has 0 saturated heterocycles. The van der Waals surface area contributed by atoms with Crippen LogP contribution in [0.25, 0.3) is 0 Å². The maximum absolute atomic E-state index is 5.90. The molecule has 0 fully saturated rings. The van der Waals surface area contributed by atoms with Gasteiger partial charge in [0.2, 0.25) is 0 Å². The van der Waals surface area contributed by atoms with Gasteiger partial charge in [-0.2, -0.15) is 5.10 Å². The Morgan fingerprint density at radius 1 is 1.62 bits per heavy atom. The van der Waals surface area contributed by atoms with Crippen LogP contribution in [0.4, 0.5) is 0 Å². The molecule has 0 spiro atoms. The Hall–Kier alpha value is -1.30. The van der Waals surface area contributed by atoms with E-state index in [0.29, 0.717) is 11.6 Å². The summed E-state index contributed by atoms with van der Waals surface area (Å²) in [5, 5.41) is 4.65. The fourth-order valence-electron chi connectivity index (χ4n) is 1.59. The summed E-state index contributed by atoms with van der Waals surface area (Å²) < 4.78 is 6.78. The first-order chi connectivity index (χ1) is 7.70. The van der Waals surface area contributed by atoms with Gasteiger partial charge in [0.25, 0.3) is 0 Å². The van der Waals surface area contributed by atoms with Crippen LogP contribution in [-0.4, -0.2) is 9.78 Å². The van der Waals surface area contributed by atoms with E-state index in [2.05, 4.69) is 10.5 Å². The van der Waals surface area contributed by atoms with E-state index in [-0.39, 0.29) is 6.04 Å². The molecule has 0 aliphatic rings. The monoisotopic (exact) mass is 240 g/mol. The Labute approximate surface area is 98.1 Å². The van der Waals surface area contributed by atoms with Crippen LogP contribution in [0.1, 0.15) is 17.3 Å². The second-order valence-electron chi connectivity index (χ2n) is 3.55. The normalized spacial score (nSPS) is 12.9. The molecule has 2 rings (SSSR count). The maximum atomic E-state index is 5.90. The summed E-state index contributed by atoms with van der Waals surface area (Å²) in [4.78, 5) is 0. The van der Waals surface area contributed by atoms with Crippen LogP contribution in [0.2, 0.25) is 5.22 Å². The summed E-state index contributed by atoms with van der Waals surface area (Å²) in [5.74, 6) is 5.50. The molecule has 1 atom stereocenters. The van der Waals surface area contributed by atoms with E-state index in [1.807, 2.05) is 19.3 Å². The Kier molecular flexibility index (Phi) is 3.28. The summed E-state index contributed by atoms with van der Waals surface area (Å²) in [6.07, 6.45) is 4.09. The van der Waals surface area contributed by atoms with Crippen LogP contribution in [0.3, 0.4) is 0 Å². The highest BCUT2D eigenvalue weighted by Gasteiger charge is 2.17. The highest BCUT2D eigenvalue weighted by Crippen LogP contribution is 2.25. The van der Waals surface area contributed by atoms with Crippen LogP contribution in [-0.2, 0) is 13.5 Å². The molecule has 6 heteroatoms. The van der Waals surface area contributed by atoms with Gasteiger partial charge in [-0.05, 0) is 23.7 Å². The zero-order valence-corrected chi connectivity index (χ0v) is 9.61. The van der Waals surface area contributed by atoms with Crippen molar-refractivity contribution in [2.45, 2.75) is 12.5 Å². The van der Waals surface area contributed by atoms with Gasteiger partial charge in [0.05, 0.1) is 18.0 Å². The molecule has 0 bridgehead atoms. The molecule has 3 N–H and O–H groups in total. The molecule has 0 amide bonds. The number of aryl methyl sites for hydroxylation is 1. The van der Waals surface area contributed by atoms with Gasteiger partial charge in [-0.15, -0.1) is 0 Å². The van der Waals surface area contributed by atoms with E-state index >= 15 is 0 Å². The molecule has 0 aliphatic heterocycles. The standard InChI is InChI=1S/C10H13ClN4O/c1-15-4-2-7(14-15)6-9(13-12)8-3-5-16-10(8)11/h2-5,9,13H,6,12H2,1H3. The molecule has 16 heavy (non-hydrogen) atoms. The van der Waals surface area contributed by atoms with E-state index in [1.54, 1.807) is 17.0 Å². The minimum Gasteiger partial charge on any atom is -0.453 e. The second-order valence-corrected chi connectivity index (χ2v) is 3.90. The van der Waals surface area contributed by atoms with Crippen molar-refractivity contribution >= 4 is 11.6 Å². The number of rotatable bonds is 4. The van der Waals surface area contributed by atoms with E-state index in [1.165, 1.54) is 0 Å². The van der Waals surface area contributed by atoms with E-state index < -0.39 is 0 Å². The third-order valence-electron chi connectivity index (χ3n) is 2.40. The van der Waals surface area contributed by atoms with Crippen LogP contribution < -0.4 is 11.3 Å². The zero-order valence-electron chi connectivity index (χ0n) is 8.85. The van der Waals surface area contributed by atoms with Crippen LogP contribution in [0, 0.1) is 0 Å². The average Bonchev–Trinajstić information content (AvgIpc) is 2.84. The third kappa shape index (κ3) is 2.27. The molecule has 0 aliphatic carbocycles. The summed E-state index contributed by atoms with van der Waals surface area (Å²) in [7, 11) is 1.87. The molecule has 2 aromatic rings. The van der Waals surface area contributed by atoms with Crippen molar-refractivity contribution in [3.8, 4) is 0 Å². The SMILES string of the molecule is Cn1ccc(CC(NN)c2ccoc2Cl)n1. The molecule has 0 radical (unpaired) electrons. The Morgan fingerprint density at radius 3 is 2.94 bits per heavy atom. The second kappa shape index (κ2) is 4.69. The minimum absolute atomic E-state index is 0.0962. The molecule has 5 nitrogen and oxygen atoms in total. The first-order valence-corrected chi connectivity index (χ1v) is 5.26. The number of hydrazine groups is 1. The molecular weight excluding hydrogens is 228 g/mol. The predicted molar refractivity (Wildman–Crippen MR) is 60.7 cm³/mol. The summed E-state index contributed by atoms with van der Waals surface area (Å²) in [6, 6.07) is 3.65. The van der Waals surface area contributed by atoms with Gasteiger partial charge in [-0.1, -0.05) is 0 Å². The molecule has 86 valence electrons. The Morgan fingerprint density at radius 2 is 2.44 bits per heavy atom. The smallest absolute Gasteiger partial charge is 0.197 e. The van der Waals surface area contributed by atoms with E-state index in [9.17, 15) is 0 Å². The van der Waals surface area contributed by atoms with Gasteiger partial charge >= 0.3 is 0 Å². The number of nitrogens with two attached hydrogens (primary N) is 1. The molecule has 1 unspecified atom stereocenters. The summed E-state index contributed by atoms with van der Waals surface area (Å²) in [5.41, 5.74) is 4.50. The van der Waals surface area contributed by atoms with E-state index in [4.69, 9.17) is 21.9 Å². The zero-order chi connectivity index (χ0) is 11.5.